The molecule has 0 aliphatic heterocycles. The van der Waals surface area contributed by atoms with Gasteiger partial charge >= 0.3 is 0 Å². The van der Waals surface area contributed by atoms with Crippen molar-refractivity contribution in [2.45, 2.75) is 19.9 Å². The first-order valence-electron chi connectivity index (χ1n) is 9.35. The second-order valence-corrected chi connectivity index (χ2v) is 6.58. The minimum atomic E-state index is 0. The molecule has 0 radical (unpaired) electrons. The lowest BCUT2D eigenvalue weighted by atomic mass is 10.1. The van der Waals surface area contributed by atoms with Crippen LogP contribution in [0.2, 0.25) is 0 Å². The Balaban J connectivity index is 0.00000320. The SMILES string of the molecule is COc1ccc(CN=C(N)NCCc2coc(-c3ccc(C)cc3)n2)cc1OC.I. The molecule has 1 aromatic heterocycles. The number of hydrogen-bond acceptors (Lipinski definition) is 5. The number of rotatable bonds is 8. The number of aryl methyl sites for hydroxylation is 1. The van der Waals surface area contributed by atoms with Gasteiger partial charge in [0.1, 0.15) is 6.26 Å². The van der Waals surface area contributed by atoms with Crippen molar-refractivity contribution >= 4 is 29.9 Å². The number of methoxy groups -OCH3 is 2. The number of nitrogens with two attached hydrogens (primary N) is 1. The molecular weight excluding hydrogens is 495 g/mol. The number of halogens is 1. The van der Waals surface area contributed by atoms with Gasteiger partial charge in [0.25, 0.3) is 0 Å². The normalized spacial score (nSPS) is 11.0. The standard InChI is InChI=1S/C22H26N4O3.HI/c1-15-4-7-17(8-5-15)21-26-18(14-29-21)10-11-24-22(23)25-13-16-6-9-19(27-2)20(12-16)28-3;/h4-9,12,14H,10-11,13H2,1-3H3,(H3,23,24,25);1H. The van der Waals surface area contributed by atoms with E-state index >= 15 is 0 Å². The molecule has 0 fully saturated rings. The van der Waals surface area contributed by atoms with Gasteiger partial charge in [0.2, 0.25) is 5.89 Å². The summed E-state index contributed by atoms with van der Waals surface area (Å²) in [6.45, 7) is 3.11. The molecule has 0 aliphatic rings. The van der Waals surface area contributed by atoms with Gasteiger partial charge in [-0.3, -0.25) is 0 Å². The lowest BCUT2D eigenvalue weighted by molar-refractivity contribution is 0.354. The Bertz CT molecular complexity index is 971. The molecular formula is C22H27IN4O3. The van der Waals surface area contributed by atoms with E-state index < -0.39 is 0 Å². The van der Waals surface area contributed by atoms with Crippen molar-refractivity contribution in [1.82, 2.24) is 10.3 Å². The molecule has 0 spiro atoms. The van der Waals surface area contributed by atoms with Crippen LogP contribution < -0.4 is 20.5 Å². The second kappa shape index (κ2) is 11.4. The summed E-state index contributed by atoms with van der Waals surface area (Å²) in [6.07, 6.45) is 2.36. The Morgan fingerprint density at radius 3 is 2.53 bits per heavy atom. The van der Waals surface area contributed by atoms with E-state index in [2.05, 4.69) is 15.3 Å². The minimum absolute atomic E-state index is 0. The van der Waals surface area contributed by atoms with Crippen LogP contribution in [0.5, 0.6) is 11.5 Å². The molecule has 3 N–H and O–H groups in total. The van der Waals surface area contributed by atoms with Crippen LogP contribution >= 0.6 is 24.0 Å². The van der Waals surface area contributed by atoms with Crippen LogP contribution in [0.4, 0.5) is 0 Å². The summed E-state index contributed by atoms with van der Waals surface area (Å²) in [7, 11) is 3.21. The van der Waals surface area contributed by atoms with E-state index in [1.54, 1.807) is 20.5 Å². The Kier molecular flexibility index (Phi) is 8.97. The van der Waals surface area contributed by atoms with Crippen molar-refractivity contribution in [2.75, 3.05) is 20.8 Å². The number of aliphatic imine (C=N–C) groups is 1. The molecule has 0 unspecified atom stereocenters. The second-order valence-electron chi connectivity index (χ2n) is 6.58. The van der Waals surface area contributed by atoms with Crippen molar-refractivity contribution in [1.29, 1.82) is 0 Å². The molecule has 7 nitrogen and oxygen atoms in total. The molecule has 3 aromatic rings. The van der Waals surface area contributed by atoms with Gasteiger partial charge in [-0.15, -0.1) is 24.0 Å². The summed E-state index contributed by atoms with van der Waals surface area (Å²) >= 11 is 0. The zero-order valence-corrected chi connectivity index (χ0v) is 19.7. The maximum absolute atomic E-state index is 5.96. The van der Waals surface area contributed by atoms with Gasteiger partial charge in [0.05, 0.1) is 26.5 Å². The van der Waals surface area contributed by atoms with E-state index in [-0.39, 0.29) is 24.0 Å². The van der Waals surface area contributed by atoms with E-state index in [0.29, 0.717) is 42.9 Å². The molecule has 3 rings (SSSR count). The van der Waals surface area contributed by atoms with Gasteiger partial charge in [-0.05, 0) is 36.8 Å². The van der Waals surface area contributed by atoms with E-state index in [0.717, 1.165) is 16.8 Å². The van der Waals surface area contributed by atoms with Crippen molar-refractivity contribution in [3.8, 4) is 23.0 Å². The maximum atomic E-state index is 5.96. The van der Waals surface area contributed by atoms with Crippen LogP contribution in [-0.4, -0.2) is 31.7 Å². The highest BCUT2D eigenvalue weighted by atomic mass is 127. The number of oxazole rings is 1. The molecule has 0 saturated heterocycles. The molecule has 0 aliphatic carbocycles. The van der Waals surface area contributed by atoms with Crippen LogP contribution in [0.15, 0.2) is 58.1 Å². The number of nitrogens with one attached hydrogen (secondary N) is 1. The average Bonchev–Trinajstić information content (AvgIpc) is 3.21. The molecule has 160 valence electrons. The third-order valence-corrected chi connectivity index (χ3v) is 4.42. The number of aromatic nitrogens is 1. The summed E-state index contributed by atoms with van der Waals surface area (Å²) in [6, 6.07) is 13.7. The van der Waals surface area contributed by atoms with Crippen molar-refractivity contribution in [2.24, 2.45) is 10.7 Å². The van der Waals surface area contributed by atoms with Gasteiger partial charge in [-0.1, -0.05) is 23.8 Å². The van der Waals surface area contributed by atoms with Gasteiger partial charge in [-0.2, -0.15) is 0 Å². The third kappa shape index (κ3) is 6.38. The lowest BCUT2D eigenvalue weighted by Gasteiger charge is -2.09. The zero-order chi connectivity index (χ0) is 20.6. The van der Waals surface area contributed by atoms with E-state index in [4.69, 9.17) is 19.6 Å². The Labute approximate surface area is 193 Å². The number of guanidine groups is 1. The fourth-order valence-corrected chi connectivity index (χ4v) is 2.78. The van der Waals surface area contributed by atoms with Crippen LogP contribution in [-0.2, 0) is 13.0 Å². The highest BCUT2D eigenvalue weighted by Crippen LogP contribution is 2.27. The number of nitrogens with zero attached hydrogens (tertiary/aromatic N) is 2. The van der Waals surface area contributed by atoms with E-state index in [1.165, 1.54) is 5.56 Å². The predicted molar refractivity (Wildman–Crippen MR) is 129 cm³/mol. The van der Waals surface area contributed by atoms with Crippen molar-refractivity contribution < 1.29 is 13.9 Å². The number of benzene rings is 2. The zero-order valence-electron chi connectivity index (χ0n) is 17.3. The first kappa shape index (κ1) is 23.5. The largest absolute Gasteiger partial charge is 0.493 e. The van der Waals surface area contributed by atoms with Gasteiger partial charge in [0, 0.05) is 18.5 Å². The molecule has 0 saturated carbocycles. The molecule has 1 heterocycles. The van der Waals surface area contributed by atoms with Gasteiger partial charge in [-0.25, -0.2) is 9.98 Å². The van der Waals surface area contributed by atoms with Crippen LogP contribution in [0, 0.1) is 6.92 Å². The fraction of sp³-hybridized carbons (Fsp3) is 0.273. The number of hydrogen-bond donors (Lipinski definition) is 2. The van der Waals surface area contributed by atoms with E-state index in [1.807, 2.05) is 49.4 Å². The lowest BCUT2D eigenvalue weighted by Crippen LogP contribution is -2.33. The summed E-state index contributed by atoms with van der Waals surface area (Å²) in [5.74, 6) is 2.35. The van der Waals surface area contributed by atoms with Crippen LogP contribution in [0.1, 0.15) is 16.8 Å². The highest BCUT2D eigenvalue weighted by molar-refractivity contribution is 14.0. The molecule has 0 bridgehead atoms. The maximum Gasteiger partial charge on any atom is 0.226 e. The van der Waals surface area contributed by atoms with Crippen molar-refractivity contribution in [3.05, 3.63) is 65.5 Å². The highest BCUT2D eigenvalue weighted by Gasteiger charge is 2.07. The Morgan fingerprint density at radius 2 is 1.83 bits per heavy atom. The van der Waals surface area contributed by atoms with Gasteiger partial charge < -0.3 is 24.9 Å². The van der Waals surface area contributed by atoms with Crippen molar-refractivity contribution in [3.63, 3.8) is 0 Å². The van der Waals surface area contributed by atoms with Crippen LogP contribution in [0.3, 0.4) is 0 Å². The quantitative estimate of drug-likeness (QED) is 0.265. The molecule has 30 heavy (non-hydrogen) atoms. The smallest absolute Gasteiger partial charge is 0.226 e. The number of ether oxygens (including phenoxy) is 2. The van der Waals surface area contributed by atoms with Gasteiger partial charge in [0.15, 0.2) is 17.5 Å². The summed E-state index contributed by atoms with van der Waals surface area (Å²) in [5, 5.41) is 3.10. The summed E-state index contributed by atoms with van der Waals surface area (Å²) in [4.78, 5) is 8.88. The monoisotopic (exact) mass is 522 g/mol. The Morgan fingerprint density at radius 1 is 1.10 bits per heavy atom. The predicted octanol–water partition coefficient (Wildman–Crippen LogP) is 3.93. The van der Waals surface area contributed by atoms with E-state index in [9.17, 15) is 0 Å². The van der Waals surface area contributed by atoms with Crippen LogP contribution in [0.25, 0.3) is 11.5 Å². The third-order valence-electron chi connectivity index (χ3n) is 4.42. The molecule has 8 heteroatoms. The Hall–Kier alpha value is -2.75. The molecule has 0 amide bonds. The average molecular weight is 522 g/mol. The topological polar surface area (TPSA) is 94.9 Å². The summed E-state index contributed by atoms with van der Waals surface area (Å²) < 4.78 is 16.1. The molecule has 0 atom stereocenters. The molecule has 2 aromatic carbocycles. The first-order chi connectivity index (χ1) is 14.1. The minimum Gasteiger partial charge on any atom is -0.493 e. The summed E-state index contributed by atoms with van der Waals surface area (Å²) in [5.41, 5.74) is 9.97. The fourth-order valence-electron chi connectivity index (χ4n) is 2.78. The first-order valence-corrected chi connectivity index (χ1v) is 9.35.